The molecular weight excluding hydrogens is 415 g/mol. The molecule has 2 fully saturated rings. The molecule has 136 valence electrons. The van der Waals surface area contributed by atoms with Gasteiger partial charge in [-0.15, -0.1) is 24.0 Å². The standard InChI is InChI=1S/C18H30N4O.HI/c1-2-10-19-18(20-11-7-17-4-3-14-23-17)21-15-8-12-22(13-9-15)16-5-6-16;/h3-4,14-16H,2,5-13H2,1H3,(H2,19,20,21);1H. The van der Waals surface area contributed by atoms with Crippen LogP contribution in [0.15, 0.2) is 27.8 Å². The second-order valence-electron chi connectivity index (χ2n) is 6.67. The summed E-state index contributed by atoms with van der Waals surface area (Å²) >= 11 is 0. The maximum absolute atomic E-state index is 5.38. The molecule has 6 heteroatoms. The highest BCUT2D eigenvalue weighted by atomic mass is 127. The molecule has 1 saturated heterocycles. The summed E-state index contributed by atoms with van der Waals surface area (Å²) in [5.41, 5.74) is 0. The molecule has 3 rings (SSSR count). The van der Waals surface area contributed by atoms with Crippen LogP contribution in [0.25, 0.3) is 0 Å². The first-order chi connectivity index (χ1) is 11.3. The zero-order valence-electron chi connectivity index (χ0n) is 14.7. The summed E-state index contributed by atoms with van der Waals surface area (Å²) in [6, 6.07) is 5.41. The van der Waals surface area contributed by atoms with Crippen molar-refractivity contribution in [3.8, 4) is 0 Å². The molecule has 1 aromatic heterocycles. The Balaban J connectivity index is 0.00000208. The maximum atomic E-state index is 5.38. The number of nitrogens with zero attached hydrogens (tertiary/aromatic N) is 2. The molecule has 0 amide bonds. The molecule has 2 N–H and O–H groups in total. The van der Waals surface area contributed by atoms with Gasteiger partial charge in [0.05, 0.1) is 6.26 Å². The average molecular weight is 446 g/mol. The van der Waals surface area contributed by atoms with Crippen molar-refractivity contribution in [2.45, 2.75) is 57.5 Å². The third kappa shape index (κ3) is 6.27. The molecule has 0 unspecified atom stereocenters. The normalized spacial score (nSPS) is 19.8. The molecule has 1 saturated carbocycles. The highest BCUT2D eigenvalue weighted by Gasteiger charge is 2.31. The van der Waals surface area contributed by atoms with Gasteiger partial charge in [0.15, 0.2) is 5.96 Å². The number of likely N-dealkylation sites (tertiary alicyclic amines) is 1. The zero-order chi connectivity index (χ0) is 15.9. The van der Waals surface area contributed by atoms with Crippen molar-refractivity contribution >= 4 is 29.9 Å². The minimum Gasteiger partial charge on any atom is -0.469 e. The lowest BCUT2D eigenvalue weighted by Crippen LogP contribution is -2.49. The minimum atomic E-state index is 0. The third-order valence-corrected chi connectivity index (χ3v) is 4.67. The Hall–Kier alpha value is -0.760. The molecule has 5 nitrogen and oxygen atoms in total. The predicted molar refractivity (Wildman–Crippen MR) is 109 cm³/mol. The summed E-state index contributed by atoms with van der Waals surface area (Å²) < 4.78 is 5.38. The average Bonchev–Trinajstić information content (AvgIpc) is 3.30. The van der Waals surface area contributed by atoms with E-state index in [4.69, 9.17) is 4.42 Å². The number of hydrogen-bond donors (Lipinski definition) is 2. The summed E-state index contributed by atoms with van der Waals surface area (Å²) in [5, 5.41) is 7.08. The van der Waals surface area contributed by atoms with Crippen LogP contribution in [0, 0.1) is 0 Å². The van der Waals surface area contributed by atoms with E-state index in [-0.39, 0.29) is 24.0 Å². The second-order valence-corrected chi connectivity index (χ2v) is 6.67. The van der Waals surface area contributed by atoms with Gasteiger partial charge in [-0.2, -0.15) is 0 Å². The molecule has 1 aliphatic carbocycles. The largest absolute Gasteiger partial charge is 0.469 e. The number of aliphatic imine (C=N–C) groups is 1. The maximum Gasteiger partial charge on any atom is 0.191 e. The monoisotopic (exact) mass is 446 g/mol. The second kappa shape index (κ2) is 10.3. The lowest BCUT2D eigenvalue weighted by molar-refractivity contribution is 0.197. The summed E-state index contributed by atoms with van der Waals surface area (Å²) in [5.74, 6) is 1.98. The molecule has 0 bridgehead atoms. The molecule has 0 spiro atoms. The molecule has 1 aromatic rings. The lowest BCUT2D eigenvalue weighted by atomic mass is 10.1. The van der Waals surface area contributed by atoms with Gasteiger partial charge in [-0.3, -0.25) is 4.99 Å². The number of furan rings is 1. The van der Waals surface area contributed by atoms with Crippen LogP contribution in [0.2, 0.25) is 0 Å². The molecule has 1 aliphatic heterocycles. The van der Waals surface area contributed by atoms with Crippen molar-refractivity contribution in [3.05, 3.63) is 24.2 Å². The fraction of sp³-hybridized carbons (Fsp3) is 0.722. The summed E-state index contributed by atoms with van der Waals surface area (Å²) in [6.07, 6.45) is 8.97. The van der Waals surface area contributed by atoms with Gasteiger partial charge in [0, 0.05) is 44.7 Å². The van der Waals surface area contributed by atoms with Crippen LogP contribution in [0.1, 0.15) is 44.8 Å². The fourth-order valence-electron chi connectivity index (χ4n) is 3.18. The molecule has 2 aliphatic rings. The molecule has 2 heterocycles. The van der Waals surface area contributed by atoms with Crippen LogP contribution in [0.4, 0.5) is 0 Å². The molecule has 0 radical (unpaired) electrons. The van der Waals surface area contributed by atoms with Crippen LogP contribution in [-0.2, 0) is 6.42 Å². The van der Waals surface area contributed by atoms with E-state index in [1.54, 1.807) is 6.26 Å². The van der Waals surface area contributed by atoms with Crippen molar-refractivity contribution in [1.29, 1.82) is 0 Å². The Bertz CT molecular complexity index is 479. The van der Waals surface area contributed by atoms with Crippen molar-refractivity contribution in [2.24, 2.45) is 4.99 Å². The zero-order valence-corrected chi connectivity index (χ0v) is 17.0. The number of guanidine groups is 1. The lowest BCUT2D eigenvalue weighted by Gasteiger charge is -2.33. The van der Waals surface area contributed by atoms with Gasteiger partial charge in [-0.1, -0.05) is 6.92 Å². The smallest absolute Gasteiger partial charge is 0.191 e. The third-order valence-electron chi connectivity index (χ3n) is 4.67. The first-order valence-corrected chi connectivity index (χ1v) is 9.16. The Morgan fingerprint density at radius 1 is 1.29 bits per heavy atom. The summed E-state index contributed by atoms with van der Waals surface area (Å²) in [7, 11) is 0. The van der Waals surface area contributed by atoms with E-state index in [0.29, 0.717) is 6.04 Å². The predicted octanol–water partition coefficient (Wildman–Crippen LogP) is 3.01. The van der Waals surface area contributed by atoms with Crippen LogP contribution >= 0.6 is 24.0 Å². The number of nitrogens with one attached hydrogen (secondary N) is 2. The Kier molecular flexibility index (Phi) is 8.38. The van der Waals surface area contributed by atoms with Crippen LogP contribution in [0.3, 0.4) is 0 Å². The minimum absolute atomic E-state index is 0. The van der Waals surface area contributed by atoms with Crippen LogP contribution in [-0.4, -0.2) is 49.1 Å². The number of rotatable bonds is 7. The van der Waals surface area contributed by atoms with E-state index in [9.17, 15) is 0 Å². The van der Waals surface area contributed by atoms with Gasteiger partial charge in [-0.05, 0) is 44.2 Å². The SMILES string of the molecule is CCCN=C(NCCc1ccco1)NC1CCN(C2CC2)CC1.I. The Morgan fingerprint density at radius 2 is 2.08 bits per heavy atom. The first kappa shape index (κ1) is 19.6. The van der Waals surface area contributed by atoms with Crippen molar-refractivity contribution in [3.63, 3.8) is 0 Å². The number of hydrogen-bond acceptors (Lipinski definition) is 3. The highest BCUT2D eigenvalue weighted by Crippen LogP contribution is 2.29. The quantitative estimate of drug-likeness (QED) is 0.384. The molecule has 0 atom stereocenters. The van der Waals surface area contributed by atoms with Crippen LogP contribution in [0.5, 0.6) is 0 Å². The van der Waals surface area contributed by atoms with Crippen molar-refractivity contribution in [1.82, 2.24) is 15.5 Å². The number of halogens is 1. The topological polar surface area (TPSA) is 52.8 Å². The summed E-state index contributed by atoms with van der Waals surface area (Å²) in [6.45, 7) is 6.35. The van der Waals surface area contributed by atoms with E-state index in [2.05, 4.69) is 27.4 Å². The molecule has 24 heavy (non-hydrogen) atoms. The van der Waals surface area contributed by atoms with Gasteiger partial charge in [-0.25, -0.2) is 0 Å². The van der Waals surface area contributed by atoms with Gasteiger partial charge >= 0.3 is 0 Å². The van der Waals surface area contributed by atoms with Gasteiger partial charge in [0.2, 0.25) is 0 Å². The Morgan fingerprint density at radius 3 is 2.71 bits per heavy atom. The Labute approximate surface area is 162 Å². The van der Waals surface area contributed by atoms with Crippen molar-refractivity contribution < 1.29 is 4.42 Å². The van der Waals surface area contributed by atoms with E-state index in [1.807, 2.05) is 12.1 Å². The first-order valence-electron chi connectivity index (χ1n) is 9.16. The van der Waals surface area contributed by atoms with Gasteiger partial charge < -0.3 is 20.0 Å². The van der Waals surface area contributed by atoms with E-state index < -0.39 is 0 Å². The highest BCUT2D eigenvalue weighted by molar-refractivity contribution is 14.0. The van der Waals surface area contributed by atoms with Crippen LogP contribution < -0.4 is 10.6 Å². The van der Waals surface area contributed by atoms with Crippen molar-refractivity contribution in [2.75, 3.05) is 26.2 Å². The van der Waals surface area contributed by atoms with Gasteiger partial charge in [0.25, 0.3) is 0 Å². The fourth-order valence-corrected chi connectivity index (χ4v) is 3.18. The summed E-state index contributed by atoms with van der Waals surface area (Å²) in [4.78, 5) is 7.33. The molecule has 0 aromatic carbocycles. The molecular formula is C18H31IN4O. The van der Waals surface area contributed by atoms with E-state index in [0.717, 1.165) is 43.7 Å². The number of piperidine rings is 1. The van der Waals surface area contributed by atoms with Gasteiger partial charge in [0.1, 0.15) is 5.76 Å². The van der Waals surface area contributed by atoms with E-state index in [1.165, 1.54) is 38.8 Å². The van der Waals surface area contributed by atoms with E-state index >= 15 is 0 Å².